The van der Waals surface area contributed by atoms with Crippen molar-refractivity contribution in [3.63, 3.8) is 0 Å². The lowest BCUT2D eigenvalue weighted by molar-refractivity contribution is 0.199. The highest BCUT2D eigenvalue weighted by atomic mass is 79.9. The molecule has 0 spiro atoms. The van der Waals surface area contributed by atoms with Crippen molar-refractivity contribution in [2.45, 2.75) is 16.3 Å². The SMILES string of the molecule is COCCNCc1ccccc1Sc1ccccc1Br. The van der Waals surface area contributed by atoms with Gasteiger partial charge in [0.25, 0.3) is 0 Å². The predicted molar refractivity (Wildman–Crippen MR) is 88.3 cm³/mol. The molecule has 0 aliphatic rings. The highest BCUT2D eigenvalue weighted by Gasteiger charge is 2.06. The largest absolute Gasteiger partial charge is 0.383 e. The first-order valence-corrected chi connectivity index (χ1v) is 8.12. The molecule has 0 aromatic heterocycles. The minimum Gasteiger partial charge on any atom is -0.383 e. The van der Waals surface area contributed by atoms with Crippen molar-refractivity contribution in [2.75, 3.05) is 20.3 Å². The molecule has 4 heteroatoms. The predicted octanol–water partition coefficient (Wildman–Crippen LogP) is 4.34. The van der Waals surface area contributed by atoms with E-state index >= 15 is 0 Å². The van der Waals surface area contributed by atoms with E-state index in [1.807, 2.05) is 6.07 Å². The van der Waals surface area contributed by atoms with E-state index in [9.17, 15) is 0 Å². The zero-order valence-corrected chi connectivity index (χ0v) is 13.8. The maximum absolute atomic E-state index is 5.05. The van der Waals surface area contributed by atoms with Crippen LogP contribution < -0.4 is 5.32 Å². The molecule has 20 heavy (non-hydrogen) atoms. The van der Waals surface area contributed by atoms with E-state index in [-0.39, 0.29) is 0 Å². The summed E-state index contributed by atoms with van der Waals surface area (Å²) in [6.07, 6.45) is 0. The van der Waals surface area contributed by atoms with Crippen LogP contribution in [0, 0.1) is 0 Å². The smallest absolute Gasteiger partial charge is 0.0587 e. The molecule has 0 aliphatic heterocycles. The van der Waals surface area contributed by atoms with Gasteiger partial charge in [0.05, 0.1) is 6.61 Å². The Balaban J connectivity index is 2.06. The molecule has 2 rings (SSSR count). The third kappa shape index (κ3) is 4.63. The van der Waals surface area contributed by atoms with Gasteiger partial charge in [-0.2, -0.15) is 0 Å². The molecule has 0 fully saturated rings. The Kier molecular flexibility index (Phi) is 6.60. The average molecular weight is 352 g/mol. The second-order valence-corrected chi connectivity index (χ2v) is 6.25. The standard InChI is InChI=1S/C16H18BrNOS/c1-19-11-10-18-12-13-6-2-4-8-15(13)20-16-9-5-3-7-14(16)17/h2-9,18H,10-12H2,1H3. The lowest BCUT2D eigenvalue weighted by Gasteiger charge is -2.11. The maximum Gasteiger partial charge on any atom is 0.0587 e. The van der Waals surface area contributed by atoms with Gasteiger partial charge in [-0.15, -0.1) is 0 Å². The molecule has 1 N–H and O–H groups in total. The van der Waals surface area contributed by atoms with Crippen LogP contribution in [-0.4, -0.2) is 20.3 Å². The Hall–Kier alpha value is -0.810. The van der Waals surface area contributed by atoms with Gasteiger partial charge in [0.15, 0.2) is 0 Å². The Morgan fingerprint density at radius 1 is 1.05 bits per heavy atom. The number of halogens is 1. The summed E-state index contributed by atoms with van der Waals surface area (Å²) in [5.41, 5.74) is 1.31. The molecule has 0 aliphatic carbocycles. The van der Waals surface area contributed by atoms with Crippen LogP contribution in [0.2, 0.25) is 0 Å². The summed E-state index contributed by atoms with van der Waals surface area (Å²) in [7, 11) is 1.72. The Bertz CT molecular complexity index is 548. The Labute approximate surface area is 133 Å². The van der Waals surface area contributed by atoms with Crippen molar-refractivity contribution >= 4 is 27.7 Å². The van der Waals surface area contributed by atoms with E-state index < -0.39 is 0 Å². The molecule has 2 aromatic rings. The summed E-state index contributed by atoms with van der Waals surface area (Å²) in [6, 6.07) is 16.8. The highest BCUT2D eigenvalue weighted by Crippen LogP contribution is 2.34. The summed E-state index contributed by atoms with van der Waals surface area (Å²) in [4.78, 5) is 2.51. The fourth-order valence-corrected chi connectivity index (χ4v) is 3.29. The van der Waals surface area contributed by atoms with Crippen LogP contribution in [0.15, 0.2) is 62.8 Å². The van der Waals surface area contributed by atoms with Gasteiger partial charge in [0, 0.05) is 34.5 Å². The molecule has 0 radical (unpaired) electrons. The molecule has 2 nitrogen and oxygen atoms in total. The van der Waals surface area contributed by atoms with Crippen LogP contribution in [0.3, 0.4) is 0 Å². The van der Waals surface area contributed by atoms with Gasteiger partial charge >= 0.3 is 0 Å². The number of nitrogens with one attached hydrogen (secondary N) is 1. The molecular weight excluding hydrogens is 334 g/mol. The molecule has 0 unspecified atom stereocenters. The zero-order chi connectivity index (χ0) is 14.2. The summed E-state index contributed by atoms with van der Waals surface area (Å²) in [5.74, 6) is 0. The molecule has 0 bridgehead atoms. The van der Waals surface area contributed by atoms with Gasteiger partial charge in [0.1, 0.15) is 0 Å². The van der Waals surface area contributed by atoms with E-state index in [0.717, 1.165) is 24.2 Å². The number of ether oxygens (including phenoxy) is 1. The molecule has 0 heterocycles. The third-order valence-electron chi connectivity index (χ3n) is 2.83. The maximum atomic E-state index is 5.05. The molecule has 0 saturated heterocycles. The Morgan fingerprint density at radius 2 is 1.75 bits per heavy atom. The quantitative estimate of drug-likeness (QED) is 0.749. The Morgan fingerprint density at radius 3 is 2.50 bits per heavy atom. The number of hydrogen-bond acceptors (Lipinski definition) is 3. The van der Waals surface area contributed by atoms with Gasteiger partial charge in [0.2, 0.25) is 0 Å². The topological polar surface area (TPSA) is 21.3 Å². The summed E-state index contributed by atoms with van der Waals surface area (Å²) in [5, 5.41) is 3.39. The van der Waals surface area contributed by atoms with Crippen molar-refractivity contribution in [1.29, 1.82) is 0 Å². The fourth-order valence-electron chi connectivity index (χ4n) is 1.79. The molecule has 0 saturated carbocycles. The van der Waals surface area contributed by atoms with E-state index in [1.54, 1.807) is 18.9 Å². The van der Waals surface area contributed by atoms with Crippen molar-refractivity contribution < 1.29 is 4.74 Å². The zero-order valence-electron chi connectivity index (χ0n) is 11.4. The van der Waals surface area contributed by atoms with E-state index in [0.29, 0.717) is 0 Å². The number of hydrogen-bond donors (Lipinski definition) is 1. The third-order valence-corrected chi connectivity index (χ3v) is 4.98. The van der Waals surface area contributed by atoms with E-state index in [1.165, 1.54) is 15.4 Å². The van der Waals surface area contributed by atoms with Crippen LogP contribution in [-0.2, 0) is 11.3 Å². The van der Waals surface area contributed by atoms with Gasteiger partial charge in [-0.05, 0) is 39.7 Å². The van der Waals surface area contributed by atoms with Crippen LogP contribution >= 0.6 is 27.7 Å². The molecular formula is C16H18BrNOS. The van der Waals surface area contributed by atoms with Gasteiger partial charge in [-0.3, -0.25) is 0 Å². The second-order valence-electron chi connectivity index (χ2n) is 4.31. The molecule has 2 aromatic carbocycles. The lowest BCUT2D eigenvalue weighted by atomic mass is 10.2. The van der Waals surface area contributed by atoms with E-state index in [2.05, 4.69) is 63.7 Å². The van der Waals surface area contributed by atoms with Crippen LogP contribution in [0.1, 0.15) is 5.56 Å². The van der Waals surface area contributed by atoms with Crippen molar-refractivity contribution in [3.05, 3.63) is 58.6 Å². The number of rotatable bonds is 7. The van der Waals surface area contributed by atoms with Gasteiger partial charge in [-0.25, -0.2) is 0 Å². The minimum atomic E-state index is 0.736. The summed E-state index contributed by atoms with van der Waals surface area (Å²) in [6.45, 7) is 2.46. The average Bonchev–Trinajstić information content (AvgIpc) is 2.47. The molecule has 106 valence electrons. The fraction of sp³-hybridized carbons (Fsp3) is 0.250. The first-order valence-electron chi connectivity index (χ1n) is 6.51. The van der Waals surface area contributed by atoms with Crippen molar-refractivity contribution in [1.82, 2.24) is 5.32 Å². The van der Waals surface area contributed by atoms with Crippen molar-refractivity contribution in [3.8, 4) is 0 Å². The molecule has 0 atom stereocenters. The second kappa shape index (κ2) is 8.47. The molecule has 0 amide bonds. The highest BCUT2D eigenvalue weighted by molar-refractivity contribution is 9.10. The van der Waals surface area contributed by atoms with Crippen LogP contribution in [0.4, 0.5) is 0 Å². The van der Waals surface area contributed by atoms with Gasteiger partial charge < -0.3 is 10.1 Å². The normalized spacial score (nSPS) is 10.7. The number of methoxy groups -OCH3 is 1. The monoisotopic (exact) mass is 351 g/mol. The summed E-state index contributed by atoms with van der Waals surface area (Å²) < 4.78 is 6.18. The first kappa shape index (κ1) is 15.6. The lowest BCUT2D eigenvalue weighted by Crippen LogP contribution is -2.18. The minimum absolute atomic E-state index is 0.736. The van der Waals surface area contributed by atoms with Crippen molar-refractivity contribution in [2.24, 2.45) is 0 Å². The number of benzene rings is 2. The van der Waals surface area contributed by atoms with Gasteiger partial charge in [-0.1, -0.05) is 42.1 Å². The first-order chi connectivity index (χ1) is 9.81. The van der Waals surface area contributed by atoms with E-state index in [4.69, 9.17) is 4.74 Å². The summed E-state index contributed by atoms with van der Waals surface area (Å²) >= 11 is 5.39. The van der Waals surface area contributed by atoms with Crippen LogP contribution in [0.25, 0.3) is 0 Å². The van der Waals surface area contributed by atoms with Crippen LogP contribution in [0.5, 0.6) is 0 Å².